The fourth-order valence-electron chi connectivity index (χ4n) is 3.16. The molecule has 0 spiro atoms. The third-order valence-electron chi connectivity index (χ3n) is 4.80. The number of unbranched alkanes of at least 4 members (excludes halogenated alkanes) is 2. The lowest BCUT2D eigenvalue weighted by Crippen LogP contribution is -1.99. The van der Waals surface area contributed by atoms with Crippen molar-refractivity contribution in [1.29, 1.82) is 0 Å². The van der Waals surface area contributed by atoms with Gasteiger partial charge in [0.25, 0.3) is 0 Å². The van der Waals surface area contributed by atoms with Crippen molar-refractivity contribution in [2.75, 3.05) is 0 Å². The van der Waals surface area contributed by atoms with E-state index in [0.29, 0.717) is 25.0 Å². The van der Waals surface area contributed by atoms with E-state index >= 15 is 0 Å². The lowest BCUT2D eigenvalue weighted by Gasteiger charge is -2.08. The lowest BCUT2D eigenvalue weighted by atomic mass is 10.1. The topological polar surface area (TPSA) is 66.0 Å². The molecular formula is C22H26N2O2. The molecule has 2 aromatic carbocycles. The Morgan fingerprint density at radius 3 is 2.73 bits per heavy atom. The van der Waals surface area contributed by atoms with Crippen LogP contribution in [-0.2, 0) is 4.79 Å². The molecule has 0 fully saturated rings. The van der Waals surface area contributed by atoms with Gasteiger partial charge in [0, 0.05) is 18.4 Å². The van der Waals surface area contributed by atoms with Gasteiger partial charge in [-0.1, -0.05) is 56.2 Å². The van der Waals surface area contributed by atoms with Gasteiger partial charge in [-0.3, -0.25) is 4.79 Å². The van der Waals surface area contributed by atoms with Crippen molar-refractivity contribution in [3.63, 3.8) is 0 Å². The number of carbonyl (C=O) groups excluding carboxylic acids is 1. The van der Waals surface area contributed by atoms with Crippen LogP contribution in [0, 0.1) is 0 Å². The molecular weight excluding hydrogens is 324 g/mol. The summed E-state index contributed by atoms with van der Waals surface area (Å²) >= 11 is 0. The number of fused-ring (bicyclic) bond motifs is 1. The normalized spacial score (nSPS) is 12.4. The van der Waals surface area contributed by atoms with E-state index in [2.05, 4.69) is 34.2 Å². The Bertz CT molecular complexity index is 869. The van der Waals surface area contributed by atoms with Crippen LogP contribution in [0.5, 0.6) is 0 Å². The third kappa shape index (κ3) is 4.58. The quantitative estimate of drug-likeness (QED) is 0.522. The van der Waals surface area contributed by atoms with E-state index in [1.54, 1.807) is 6.20 Å². The number of carbonyl (C=O) groups is 1. The average molecular weight is 350 g/mol. The third-order valence-corrected chi connectivity index (χ3v) is 4.80. The van der Waals surface area contributed by atoms with Crippen LogP contribution in [0.25, 0.3) is 22.2 Å². The Morgan fingerprint density at radius 1 is 1.12 bits per heavy atom. The first-order chi connectivity index (χ1) is 12.7. The first-order valence-corrected chi connectivity index (χ1v) is 9.41. The summed E-state index contributed by atoms with van der Waals surface area (Å²) in [5.41, 5.74) is 1.76. The van der Waals surface area contributed by atoms with E-state index in [1.165, 1.54) is 10.8 Å². The highest BCUT2D eigenvalue weighted by Crippen LogP contribution is 2.25. The van der Waals surface area contributed by atoms with Crippen LogP contribution in [0.15, 0.2) is 48.7 Å². The van der Waals surface area contributed by atoms with Crippen molar-refractivity contribution >= 4 is 16.6 Å². The minimum Gasteiger partial charge on any atom is -0.387 e. The molecule has 136 valence electrons. The molecule has 0 aliphatic rings. The molecule has 4 nitrogen and oxygen atoms in total. The van der Waals surface area contributed by atoms with E-state index < -0.39 is 6.10 Å². The van der Waals surface area contributed by atoms with Gasteiger partial charge < -0.3 is 10.1 Å². The Labute approximate surface area is 154 Å². The number of hydrogen-bond acceptors (Lipinski definition) is 3. The number of aliphatic hydroxyl groups is 1. The summed E-state index contributed by atoms with van der Waals surface area (Å²) in [5, 5.41) is 12.7. The molecule has 0 saturated heterocycles. The minimum atomic E-state index is -0.543. The monoisotopic (exact) mass is 350 g/mol. The van der Waals surface area contributed by atoms with Crippen molar-refractivity contribution in [1.82, 2.24) is 9.97 Å². The number of nitrogens with one attached hydrogen (secondary N) is 1. The molecule has 0 saturated carbocycles. The largest absolute Gasteiger partial charge is 0.387 e. The minimum absolute atomic E-state index is 0.319. The van der Waals surface area contributed by atoms with Crippen molar-refractivity contribution in [2.45, 2.75) is 51.6 Å². The standard InChI is InChI=1S/C22H26N2O2/c1-2-19(25)10-4-3-5-11-21(26)20-15-23-22(24-20)18-13-12-16-8-6-7-9-17(16)14-18/h6-9,12-15,21,26H,2-5,10-11H2,1H3,(H,23,24). The van der Waals surface area contributed by atoms with E-state index in [4.69, 9.17) is 0 Å². The molecule has 26 heavy (non-hydrogen) atoms. The number of aromatic amines is 1. The maximum absolute atomic E-state index is 11.3. The second-order valence-electron chi connectivity index (χ2n) is 6.76. The molecule has 0 radical (unpaired) electrons. The number of nitrogens with zero attached hydrogens (tertiary/aromatic N) is 1. The molecule has 1 heterocycles. The highest BCUT2D eigenvalue weighted by atomic mass is 16.3. The number of aliphatic hydroxyl groups excluding tert-OH is 1. The Morgan fingerprint density at radius 2 is 1.92 bits per heavy atom. The van der Waals surface area contributed by atoms with Crippen LogP contribution in [0.2, 0.25) is 0 Å². The molecule has 1 atom stereocenters. The van der Waals surface area contributed by atoms with Gasteiger partial charge in [0.1, 0.15) is 11.6 Å². The fraction of sp³-hybridized carbons (Fsp3) is 0.364. The maximum Gasteiger partial charge on any atom is 0.137 e. The summed E-state index contributed by atoms with van der Waals surface area (Å²) in [6, 6.07) is 14.5. The van der Waals surface area contributed by atoms with E-state index in [0.717, 1.165) is 36.3 Å². The van der Waals surface area contributed by atoms with Gasteiger partial charge in [-0.15, -0.1) is 0 Å². The number of aromatic nitrogens is 2. The summed E-state index contributed by atoms with van der Waals surface area (Å²) in [5.74, 6) is 1.09. The molecule has 0 bridgehead atoms. The molecule has 1 unspecified atom stereocenters. The van der Waals surface area contributed by atoms with Gasteiger partial charge in [-0.25, -0.2) is 4.98 Å². The van der Waals surface area contributed by atoms with Crippen LogP contribution < -0.4 is 0 Å². The zero-order valence-corrected chi connectivity index (χ0v) is 15.2. The van der Waals surface area contributed by atoms with Gasteiger partial charge in [-0.2, -0.15) is 0 Å². The molecule has 0 aliphatic heterocycles. The number of rotatable bonds is 9. The van der Waals surface area contributed by atoms with Crippen LogP contribution in [0.1, 0.15) is 57.2 Å². The molecule has 4 heteroatoms. The second-order valence-corrected chi connectivity index (χ2v) is 6.76. The summed E-state index contributed by atoms with van der Waals surface area (Å²) in [7, 11) is 0. The zero-order valence-electron chi connectivity index (χ0n) is 15.2. The summed E-state index contributed by atoms with van der Waals surface area (Å²) < 4.78 is 0. The highest BCUT2D eigenvalue weighted by molar-refractivity contribution is 5.86. The highest BCUT2D eigenvalue weighted by Gasteiger charge is 2.12. The number of Topliss-reactive ketones (excluding diaryl/α,β-unsaturated/α-hetero) is 1. The molecule has 3 aromatic rings. The first-order valence-electron chi connectivity index (χ1n) is 9.41. The van der Waals surface area contributed by atoms with Crippen LogP contribution in [0.3, 0.4) is 0 Å². The van der Waals surface area contributed by atoms with Crippen LogP contribution in [0.4, 0.5) is 0 Å². The van der Waals surface area contributed by atoms with Crippen molar-refractivity contribution < 1.29 is 9.90 Å². The van der Waals surface area contributed by atoms with Crippen LogP contribution >= 0.6 is 0 Å². The fourth-order valence-corrected chi connectivity index (χ4v) is 3.16. The van der Waals surface area contributed by atoms with Crippen molar-refractivity contribution in [3.05, 3.63) is 54.4 Å². The molecule has 0 aliphatic carbocycles. The lowest BCUT2D eigenvalue weighted by molar-refractivity contribution is -0.118. The Balaban J connectivity index is 1.57. The average Bonchev–Trinajstić information content (AvgIpc) is 3.17. The van der Waals surface area contributed by atoms with E-state index in [-0.39, 0.29) is 0 Å². The maximum atomic E-state index is 11.3. The Hall–Kier alpha value is -2.46. The van der Waals surface area contributed by atoms with Gasteiger partial charge in [-0.05, 0) is 29.7 Å². The van der Waals surface area contributed by atoms with Crippen molar-refractivity contribution in [2.24, 2.45) is 0 Å². The van der Waals surface area contributed by atoms with E-state index in [9.17, 15) is 9.90 Å². The smallest absolute Gasteiger partial charge is 0.137 e. The van der Waals surface area contributed by atoms with Crippen LogP contribution in [-0.4, -0.2) is 20.9 Å². The summed E-state index contributed by atoms with van der Waals surface area (Å²) in [4.78, 5) is 19.0. The SMILES string of the molecule is CCC(=O)CCCCCC(O)c1cnc(-c2ccc3ccccc3c2)[nH]1. The Kier molecular flexibility index (Phi) is 6.18. The number of H-pyrrole nitrogens is 1. The van der Waals surface area contributed by atoms with Gasteiger partial charge >= 0.3 is 0 Å². The summed E-state index contributed by atoms with van der Waals surface area (Å²) in [6.07, 6.45) is 5.91. The predicted octanol–water partition coefficient (Wildman–Crippen LogP) is 5.19. The van der Waals surface area contributed by atoms with Gasteiger partial charge in [0.05, 0.1) is 18.0 Å². The first kappa shape index (κ1) is 18.3. The molecule has 3 rings (SSSR count). The molecule has 1 aromatic heterocycles. The molecule has 0 amide bonds. The van der Waals surface area contributed by atoms with Gasteiger partial charge in [0.15, 0.2) is 0 Å². The van der Waals surface area contributed by atoms with E-state index in [1.807, 2.05) is 25.1 Å². The number of imidazole rings is 1. The number of hydrogen-bond donors (Lipinski definition) is 2. The van der Waals surface area contributed by atoms with Crippen molar-refractivity contribution in [3.8, 4) is 11.4 Å². The van der Waals surface area contributed by atoms with Gasteiger partial charge in [0.2, 0.25) is 0 Å². The zero-order chi connectivity index (χ0) is 18.4. The summed E-state index contributed by atoms with van der Waals surface area (Å²) in [6.45, 7) is 1.90. The number of benzene rings is 2. The second kappa shape index (κ2) is 8.77. The predicted molar refractivity (Wildman–Crippen MR) is 105 cm³/mol. The molecule has 2 N–H and O–H groups in total. The number of ketones is 1.